The molecule has 0 radical (unpaired) electrons. The largest absolute Gasteiger partial charge is 0.493 e. The molecule has 0 saturated carbocycles. The van der Waals surface area contributed by atoms with Crippen molar-refractivity contribution in [1.82, 2.24) is 10.3 Å². The number of anilines is 1. The number of nitrogens with zero attached hydrogens (tertiary/aromatic N) is 1. The van der Waals surface area contributed by atoms with Crippen molar-refractivity contribution in [2.75, 3.05) is 32.6 Å². The lowest BCUT2D eigenvalue weighted by Crippen LogP contribution is -2.19. The Bertz CT molecular complexity index is 1850. The minimum Gasteiger partial charge on any atom is -0.493 e. The third kappa shape index (κ3) is 6.49. The molecule has 220 valence electrons. The molecular formula is C33H32N4O6. The molecule has 5 aromatic rings. The third-order valence-corrected chi connectivity index (χ3v) is 7.36. The van der Waals surface area contributed by atoms with Crippen LogP contribution in [0.2, 0.25) is 0 Å². The average molecular weight is 581 g/mol. The summed E-state index contributed by atoms with van der Waals surface area (Å²) < 4.78 is 10.7. The van der Waals surface area contributed by atoms with Crippen LogP contribution in [-0.2, 0) is 12.8 Å². The quantitative estimate of drug-likeness (QED) is 0.0754. The van der Waals surface area contributed by atoms with E-state index in [1.807, 2.05) is 42.5 Å². The molecule has 5 rings (SSSR count). The number of aryl methyl sites for hydroxylation is 1. The molecule has 10 heteroatoms. The van der Waals surface area contributed by atoms with Crippen LogP contribution in [0.5, 0.6) is 11.5 Å². The summed E-state index contributed by atoms with van der Waals surface area (Å²) in [5.41, 5.74) is 2.88. The van der Waals surface area contributed by atoms with Gasteiger partial charge in [-0.25, -0.2) is 0 Å². The smallest absolute Gasteiger partial charge is 0.293 e. The van der Waals surface area contributed by atoms with Crippen molar-refractivity contribution in [3.63, 3.8) is 0 Å². The van der Waals surface area contributed by atoms with Gasteiger partial charge in [0.05, 0.1) is 35.6 Å². The maximum atomic E-state index is 13.2. The lowest BCUT2D eigenvalue weighted by atomic mass is 10.0. The number of carbonyl (C=O) groups excluding carboxylic acids is 1. The molecule has 0 aliphatic rings. The van der Waals surface area contributed by atoms with Crippen LogP contribution in [-0.4, -0.2) is 43.1 Å². The van der Waals surface area contributed by atoms with Gasteiger partial charge in [0.15, 0.2) is 16.9 Å². The second-order valence-corrected chi connectivity index (χ2v) is 10.1. The number of benzene rings is 4. The first-order chi connectivity index (χ1) is 20.9. The summed E-state index contributed by atoms with van der Waals surface area (Å²) in [4.78, 5) is 40.3. The number of hydrogen-bond donors (Lipinski definition) is 3. The number of nitrogens with one attached hydrogen (secondary N) is 3. The molecule has 0 aliphatic heterocycles. The zero-order chi connectivity index (χ0) is 30.3. The Morgan fingerprint density at radius 1 is 0.837 bits per heavy atom. The van der Waals surface area contributed by atoms with Gasteiger partial charge in [0, 0.05) is 17.1 Å². The summed E-state index contributed by atoms with van der Waals surface area (Å²) in [6, 6.07) is 22.7. The fraction of sp³-hybridized carbons (Fsp3) is 0.212. The summed E-state index contributed by atoms with van der Waals surface area (Å²) in [7, 11) is 3.26. The molecule has 43 heavy (non-hydrogen) atoms. The molecule has 10 nitrogen and oxygen atoms in total. The zero-order valence-electron chi connectivity index (χ0n) is 23.9. The number of ether oxygens (including phenoxy) is 2. The summed E-state index contributed by atoms with van der Waals surface area (Å²) in [6.07, 6.45) is 2.72. The minimum atomic E-state index is -0.551. The summed E-state index contributed by atoms with van der Waals surface area (Å²) in [6.45, 7) is 1.72. The van der Waals surface area contributed by atoms with Gasteiger partial charge in [0.25, 0.3) is 11.6 Å². The molecule has 1 aromatic heterocycles. The van der Waals surface area contributed by atoms with Gasteiger partial charge in [-0.05, 0) is 85.9 Å². The normalized spacial score (nSPS) is 11.0. The van der Waals surface area contributed by atoms with Gasteiger partial charge in [-0.2, -0.15) is 0 Å². The van der Waals surface area contributed by atoms with Crippen LogP contribution >= 0.6 is 0 Å². The predicted molar refractivity (Wildman–Crippen MR) is 168 cm³/mol. The van der Waals surface area contributed by atoms with Crippen LogP contribution in [0.3, 0.4) is 0 Å². The number of aromatic nitrogens is 1. The number of hydrogen-bond acceptors (Lipinski definition) is 7. The highest BCUT2D eigenvalue weighted by molar-refractivity contribution is 6.13. The monoisotopic (exact) mass is 580 g/mol. The Morgan fingerprint density at radius 2 is 1.53 bits per heavy atom. The number of pyridine rings is 1. The molecule has 0 aliphatic carbocycles. The van der Waals surface area contributed by atoms with Gasteiger partial charge in [-0.15, -0.1) is 0 Å². The molecule has 0 unspecified atom stereocenters. The van der Waals surface area contributed by atoms with Crippen LogP contribution in [0.15, 0.2) is 83.7 Å². The summed E-state index contributed by atoms with van der Waals surface area (Å²) in [5.74, 6) is 1.02. The van der Waals surface area contributed by atoms with Crippen molar-refractivity contribution >= 4 is 39.1 Å². The van der Waals surface area contributed by atoms with Crippen molar-refractivity contribution in [3.8, 4) is 11.5 Å². The topological polar surface area (TPSA) is 136 Å². The molecule has 0 spiro atoms. The number of aromatic amines is 1. The van der Waals surface area contributed by atoms with E-state index in [1.165, 1.54) is 23.8 Å². The van der Waals surface area contributed by atoms with E-state index in [9.17, 15) is 19.7 Å². The summed E-state index contributed by atoms with van der Waals surface area (Å²) >= 11 is 0. The van der Waals surface area contributed by atoms with E-state index >= 15 is 0 Å². The van der Waals surface area contributed by atoms with Crippen molar-refractivity contribution in [1.29, 1.82) is 0 Å². The lowest BCUT2D eigenvalue weighted by molar-refractivity contribution is -0.383. The molecule has 0 atom stereocenters. The van der Waals surface area contributed by atoms with E-state index in [2.05, 4.69) is 15.6 Å². The van der Waals surface area contributed by atoms with E-state index < -0.39 is 10.8 Å². The Morgan fingerprint density at radius 3 is 2.26 bits per heavy atom. The van der Waals surface area contributed by atoms with E-state index in [0.29, 0.717) is 5.69 Å². The van der Waals surface area contributed by atoms with Crippen LogP contribution in [0.4, 0.5) is 11.4 Å². The molecule has 1 heterocycles. The van der Waals surface area contributed by atoms with Gasteiger partial charge in [-0.1, -0.05) is 30.3 Å². The highest BCUT2D eigenvalue weighted by Crippen LogP contribution is 2.28. The van der Waals surface area contributed by atoms with Gasteiger partial charge >= 0.3 is 0 Å². The first kappa shape index (κ1) is 29.3. The lowest BCUT2D eigenvalue weighted by Gasteiger charge is -2.11. The van der Waals surface area contributed by atoms with Crippen LogP contribution < -0.4 is 25.5 Å². The predicted octanol–water partition coefficient (Wildman–Crippen LogP) is 5.62. The number of H-pyrrole nitrogens is 1. The van der Waals surface area contributed by atoms with Gasteiger partial charge in [0.1, 0.15) is 5.52 Å². The van der Waals surface area contributed by atoms with Crippen molar-refractivity contribution in [2.45, 2.75) is 19.3 Å². The second kappa shape index (κ2) is 13.2. The fourth-order valence-electron chi connectivity index (χ4n) is 5.11. The molecular weight excluding hydrogens is 548 g/mol. The SMILES string of the molecule is COc1ccc(CCNCCCc2ccc(NC(=O)c3cccc4c(=O)c5cccc([N+](=O)[O-])c5[nH]c34)cc2)cc1OC. The van der Waals surface area contributed by atoms with E-state index in [4.69, 9.17) is 9.47 Å². The van der Waals surface area contributed by atoms with E-state index in [1.54, 1.807) is 32.4 Å². The van der Waals surface area contributed by atoms with Crippen LogP contribution in [0.1, 0.15) is 27.9 Å². The number of non-ortho nitro benzene ring substituents is 1. The highest BCUT2D eigenvalue weighted by Gasteiger charge is 2.19. The second-order valence-electron chi connectivity index (χ2n) is 10.1. The van der Waals surface area contributed by atoms with Crippen molar-refractivity contribution in [2.24, 2.45) is 0 Å². The van der Waals surface area contributed by atoms with Gasteiger partial charge < -0.3 is 25.1 Å². The standard InChI is InChI=1S/C33H32N4O6/c1-42-28-16-13-22(20-29(28)43-2)17-19-34-18-5-6-21-11-14-23(15-12-21)35-33(39)26-9-3-7-24-30(26)36-31-25(32(24)38)8-4-10-27(31)37(40)41/h3-4,7-16,20,34H,5-6,17-19H2,1-2H3,(H,35,39)(H,36,38). The fourth-order valence-corrected chi connectivity index (χ4v) is 5.11. The molecule has 0 fully saturated rings. The van der Waals surface area contributed by atoms with Crippen molar-refractivity contribution in [3.05, 3.63) is 116 Å². The maximum Gasteiger partial charge on any atom is 0.293 e. The van der Waals surface area contributed by atoms with Crippen LogP contribution in [0, 0.1) is 10.1 Å². The minimum absolute atomic E-state index is 0.0880. The Balaban J connectivity index is 1.17. The summed E-state index contributed by atoms with van der Waals surface area (Å²) in [5, 5.41) is 18.4. The number of amides is 1. The first-order valence-corrected chi connectivity index (χ1v) is 13.9. The number of para-hydroxylation sites is 2. The molecule has 0 bridgehead atoms. The maximum absolute atomic E-state index is 13.2. The van der Waals surface area contributed by atoms with E-state index in [-0.39, 0.29) is 38.5 Å². The van der Waals surface area contributed by atoms with Crippen molar-refractivity contribution < 1.29 is 19.2 Å². The number of nitro groups is 1. The molecule has 0 saturated heterocycles. The third-order valence-electron chi connectivity index (χ3n) is 7.36. The molecule has 1 amide bonds. The number of carbonyl (C=O) groups is 1. The molecule has 3 N–H and O–H groups in total. The number of methoxy groups -OCH3 is 2. The van der Waals surface area contributed by atoms with Crippen LogP contribution in [0.25, 0.3) is 21.8 Å². The highest BCUT2D eigenvalue weighted by atomic mass is 16.6. The number of rotatable bonds is 12. The Hall–Kier alpha value is -5.22. The van der Waals surface area contributed by atoms with Gasteiger partial charge in [-0.3, -0.25) is 19.7 Å². The Kier molecular flexibility index (Phi) is 8.97. The van der Waals surface area contributed by atoms with Gasteiger partial charge in [0.2, 0.25) is 0 Å². The Labute approximate surface area is 247 Å². The molecule has 4 aromatic carbocycles. The number of fused-ring (bicyclic) bond motifs is 2. The van der Waals surface area contributed by atoms with E-state index in [0.717, 1.165) is 49.4 Å². The first-order valence-electron chi connectivity index (χ1n) is 13.9. The zero-order valence-corrected chi connectivity index (χ0v) is 23.9. The average Bonchev–Trinajstić information content (AvgIpc) is 3.02. The number of nitro benzene ring substituents is 1.